The van der Waals surface area contributed by atoms with Crippen molar-refractivity contribution in [3.8, 4) is 33.5 Å². The van der Waals surface area contributed by atoms with Crippen LogP contribution in [0.1, 0.15) is 94.7 Å². The predicted octanol–water partition coefficient (Wildman–Crippen LogP) is 7.40. The molecule has 4 fully saturated rings. The smallest absolute Gasteiger partial charge is 0.407 e. The zero-order valence-corrected chi connectivity index (χ0v) is 41.3. The van der Waals surface area contributed by atoms with Gasteiger partial charge in [0.25, 0.3) is 5.56 Å². The summed E-state index contributed by atoms with van der Waals surface area (Å²) in [5, 5.41) is 5.94. The van der Waals surface area contributed by atoms with Gasteiger partial charge in [0.2, 0.25) is 11.8 Å². The molecule has 2 aliphatic carbocycles. The van der Waals surface area contributed by atoms with Gasteiger partial charge in [-0.2, -0.15) is 0 Å². The summed E-state index contributed by atoms with van der Waals surface area (Å²) in [7, 11) is 4.78. The summed E-state index contributed by atoms with van der Waals surface area (Å²) in [5.74, 6) is 1.12. The quantitative estimate of drug-likeness (QED) is 0.104. The number of fused-ring (bicyclic) bond motifs is 3. The highest BCUT2D eigenvalue weighted by Gasteiger charge is 2.56. The lowest BCUT2D eigenvalue weighted by molar-refractivity contribution is -0.136. The van der Waals surface area contributed by atoms with Crippen molar-refractivity contribution in [1.29, 1.82) is 0 Å². The minimum Gasteiger partial charge on any atom is -0.453 e. The van der Waals surface area contributed by atoms with Crippen LogP contribution in [0, 0.1) is 29.1 Å². The van der Waals surface area contributed by atoms with E-state index in [0.717, 1.165) is 91.8 Å². The van der Waals surface area contributed by atoms with Gasteiger partial charge in [0.05, 0.1) is 49.1 Å². The molecule has 70 heavy (non-hydrogen) atoms. The van der Waals surface area contributed by atoms with E-state index < -0.39 is 24.3 Å². The number of amides is 4. The van der Waals surface area contributed by atoms with Crippen LogP contribution in [0.4, 0.5) is 9.59 Å². The Balaban J connectivity index is 0.925. The number of benzene rings is 3. The Morgan fingerprint density at radius 2 is 1.36 bits per heavy atom. The van der Waals surface area contributed by atoms with Crippen molar-refractivity contribution in [2.75, 3.05) is 47.4 Å². The minimum absolute atomic E-state index is 0.118. The molecule has 3 aliphatic heterocycles. The number of carbonyl (C=O) groups excluding carboxylic acids is 4. The van der Waals surface area contributed by atoms with E-state index in [1.165, 1.54) is 30.9 Å². The summed E-state index contributed by atoms with van der Waals surface area (Å²) in [5.41, 5.74) is 9.50. The Morgan fingerprint density at radius 3 is 1.99 bits per heavy atom. The van der Waals surface area contributed by atoms with Gasteiger partial charge in [-0.25, -0.2) is 19.6 Å². The normalized spacial score (nSPS) is 22.3. The summed E-state index contributed by atoms with van der Waals surface area (Å²) < 4.78 is 9.64. The van der Waals surface area contributed by atoms with E-state index in [4.69, 9.17) is 19.4 Å². The van der Waals surface area contributed by atoms with Crippen molar-refractivity contribution >= 4 is 34.9 Å². The fraction of sp³-hybridized carbons (Fsp3) is 0.500. The van der Waals surface area contributed by atoms with E-state index in [9.17, 15) is 24.0 Å². The van der Waals surface area contributed by atoms with Crippen LogP contribution in [0.25, 0.3) is 44.4 Å². The van der Waals surface area contributed by atoms with Gasteiger partial charge in [-0.3, -0.25) is 14.4 Å². The van der Waals surface area contributed by atoms with E-state index in [0.29, 0.717) is 35.7 Å². The maximum atomic E-state index is 14.1. The molecule has 16 heteroatoms. The first-order valence-corrected chi connectivity index (χ1v) is 25.0. The van der Waals surface area contributed by atoms with Gasteiger partial charge in [-0.1, -0.05) is 70.2 Å². The van der Waals surface area contributed by atoms with Crippen LogP contribution in [0.15, 0.2) is 65.6 Å². The summed E-state index contributed by atoms with van der Waals surface area (Å²) in [6.45, 7) is 10.9. The third kappa shape index (κ3) is 8.72. The van der Waals surface area contributed by atoms with E-state index in [1.54, 1.807) is 4.90 Å². The lowest BCUT2D eigenvalue weighted by Crippen LogP contribution is -2.51. The number of nitrogens with zero attached hydrogens (tertiary/aromatic N) is 5. The highest BCUT2D eigenvalue weighted by atomic mass is 16.5. The van der Waals surface area contributed by atoms with Crippen LogP contribution in [0.3, 0.4) is 0 Å². The zero-order valence-electron chi connectivity index (χ0n) is 41.3. The van der Waals surface area contributed by atoms with Crippen molar-refractivity contribution in [3.05, 3.63) is 93.9 Å². The van der Waals surface area contributed by atoms with Gasteiger partial charge in [0.15, 0.2) is 0 Å². The Hall–Kier alpha value is -6.55. The minimum atomic E-state index is -0.766. The average molecular weight is 952 g/mol. The molecule has 4 amide bonds. The Labute approximate surface area is 408 Å². The number of H-pyrrole nitrogens is 2. The summed E-state index contributed by atoms with van der Waals surface area (Å²) in [6.07, 6.45) is 7.31. The molecule has 16 nitrogen and oxygen atoms in total. The lowest BCUT2D eigenvalue weighted by atomic mass is 9.75. The SMILES string of the molecule is COC(=O)N[C@H](C(=O)N1CC2CC2[C@H]1c1nc2ccc(-c3ccc(-c4ccc(-c5cnc([C@@H]6CCCN6C(=O)[C@@H](NC(=O)OC)C(C)C)[nH]5)cc4)c4c3CC3(CCN(C)CC3)C4)cc2c(=O)[nH]1)C(C)C. The van der Waals surface area contributed by atoms with E-state index in [2.05, 4.69) is 75.0 Å². The van der Waals surface area contributed by atoms with Gasteiger partial charge in [-0.05, 0) is 145 Å². The van der Waals surface area contributed by atoms with E-state index in [-0.39, 0.29) is 52.6 Å². The Kier molecular flexibility index (Phi) is 12.6. The van der Waals surface area contributed by atoms with Gasteiger partial charge < -0.3 is 44.8 Å². The van der Waals surface area contributed by atoms with Crippen LogP contribution >= 0.6 is 0 Å². The lowest BCUT2D eigenvalue weighted by Gasteiger charge is -2.37. The number of ether oxygens (including phenoxy) is 2. The standard InChI is InChI=1S/C54H65N9O7/c1-29(2)44(58-52(67)69-6)50(65)62-20-8-9-43(62)47-55-27-42(57-47)32-12-10-31(11-13-32)35-15-16-36(40-26-54(25-39(35)40)18-21-61(5)22-19-54)33-14-17-41-38(23-33)49(64)60-48(56-41)46-37-24-34(37)28-63(46)51(66)45(30(3)4)59-53(68)70-7/h10-17,23,27,29-30,34,37,43-46H,8-9,18-22,24-26,28H2,1-7H3,(H,55,57)(H,58,67)(H,59,68)(H,56,60,64)/t34?,37?,43-,44-,45-,46-/m0/s1. The molecule has 1 spiro atoms. The van der Waals surface area contributed by atoms with Crippen molar-refractivity contribution in [2.24, 2.45) is 29.1 Å². The molecule has 4 N–H and O–H groups in total. The Bertz CT molecular complexity index is 2900. The fourth-order valence-corrected chi connectivity index (χ4v) is 12.0. The number of rotatable bonds is 11. The highest BCUT2D eigenvalue weighted by Crippen LogP contribution is 2.56. The van der Waals surface area contributed by atoms with Gasteiger partial charge in [-0.15, -0.1) is 0 Å². The van der Waals surface area contributed by atoms with Crippen LogP contribution in [-0.2, 0) is 31.9 Å². The molecule has 5 aliphatic rings. The molecule has 368 valence electrons. The van der Waals surface area contributed by atoms with Crippen molar-refractivity contribution < 1.29 is 28.7 Å². The number of piperidine rings is 2. The van der Waals surface area contributed by atoms with Crippen LogP contribution in [0.5, 0.6) is 0 Å². The second kappa shape index (κ2) is 18.6. The highest BCUT2D eigenvalue weighted by molar-refractivity contribution is 5.89. The molecule has 10 rings (SSSR count). The number of carbonyl (C=O) groups is 4. The number of likely N-dealkylation sites (tertiary alicyclic amines) is 3. The van der Waals surface area contributed by atoms with Crippen molar-refractivity contribution in [3.63, 3.8) is 0 Å². The first-order chi connectivity index (χ1) is 33.6. The number of aromatic amines is 2. The van der Waals surface area contributed by atoms with Gasteiger partial charge >= 0.3 is 12.2 Å². The third-order valence-corrected chi connectivity index (χ3v) is 16.1. The number of hydrogen-bond donors (Lipinski definition) is 4. The molecule has 3 saturated heterocycles. The van der Waals surface area contributed by atoms with Crippen LogP contribution in [0.2, 0.25) is 0 Å². The van der Waals surface area contributed by atoms with Crippen molar-refractivity contribution in [1.82, 2.24) is 45.3 Å². The molecule has 1 saturated carbocycles. The monoisotopic (exact) mass is 952 g/mol. The van der Waals surface area contributed by atoms with Crippen LogP contribution < -0.4 is 16.2 Å². The summed E-state index contributed by atoms with van der Waals surface area (Å²) in [6, 6.07) is 17.0. The molecule has 5 aromatic rings. The number of nitrogens with one attached hydrogen (secondary N) is 4. The third-order valence-electron chi connectivity index (χ3n) is 16.1. The largest absolute Gasteiger partial charge is 0.453 e. The topological polar surface area (TPSA) is 195 Å². The number of methoxy groups -OCH3 is 2. The van der Waals surface area contributed by atoms with Gasteiger partial charge in [0, 0.05) is 13.1 Å². The fourth-order valence-electron chi connectivity index (χ4n) is 12.0. The predicted molar refractivity (Wildman–Crippen MR) is 265 cm³/mol. The maximum Gasteiger partial charge on any atom is 0.407 e. The first-order valence-electron chi connectivity index (χ1n) is 25.0. The Morgan fingerprint density at radius 1 is 0.757 bits per heavy atom. The summed E-state index contributed by atoms with van der Waals surface area (Å²) >= 11 is 0. The molecule has 3 aromatic carbocycles. The number of alkyl carbamates (subject to hydrolysis) is 2. The molecule has 6 atom stereocenters. The summed E-state index contributed by atoms with van der Waals surface area (Å²) in [4.78, 5) is 88.6. The average Bonchev–Trinajstić information content (AvgIpc) is 3.83. The second-order valence-corrected chi connectivity index (χ2v) is 21.2. The maximum absolute atomic E-state index is 14.1. The molecule has 0 radical (unpaired) electrons. The van der Waals surface area contributed by atoms with Crippen molar-refractivity contribution in [2.45, 2.75) is 96.8 Å². The first kappa shape index (κ1) is 47.1. The van der Waals surface area contributed by atoms with E-state index in [1.807, 2.05) is 50.9 Å². The molecule has 0 bridgehead atoms. The molecular formula is C54H65N9O7. The molecular weight excluding hydrogens is 887 g/mol. The van der Waals surface area contributed by atoms with Crippen LogP contribution in [-0.4, -0.2) is 118 Å². The zero-order chi connectivity index (χ0) is 49.2. The number of aromatic nitrogens is 4. The molecule has 2 aromatic heterocycles. The number of hydrogen-bond acceptors (Lipinski definition) is 10. The second-order valence-electron chi connectivity index (χ2n) is 21.2. The molecule has 5 heterocycles. The van der Waals surface area contributed by atoms with Gasteiger partial charge in [0.1, 0.15) is 23.7 Å². The van der Waals surface area contributed by atoms with E-state index >= 15 is 0 Å². The number of imidazole rings is 1. The molecule has 2 unspecified atom stereocenters.